The molecule has 0 aliphatic carbocycles. The minimum absolute atomic E-state index is 0.0432. The zero-order valence-corrected chi connectivity index (χ0v) is 33.7. The Hall–Kier alpha value is -6.04. The van der Waals surface area contributed by atoms with Crippen molar-refractivity contribution in [2.75, 3.05) is 18.3 Å². The summed E-state index contributed by atoms with van der Waals surface area (Å²) in [6.45, 7) is 6.17. The Bertz CT molecular complexity index is 2590. The average Bonchev–Trinajstić information content (AvgIpc) is 3.98. The first-order valence-corrected chi connectivity index (χ1v) is 20.8. The Labute approximate surface area is 343 Å². The maximum absolute atomic E-state index is 15.4. The first kappa shape index (κ1) is 37.2. The van der Waals surface area contributed by atoms with Gasteiger partial charge in [-0.1, -0.05) is 24.3 Å². The maximum atomic E-state index is 15.4. The van der Waals surface area contributed by atoms with Crippen LogP contribution in [0.5, 0.6) is 17.2 Å². The van der Waals surface area contributed by atoms with Crippen molar-refractivity contribution in [3.8, 4) is 28.5 Å². The fraction of sp³-hybridized carbons (Fsp3) is 0.333. The molecule has 2 amide bonds. The van der Waals surface area contributed by atoms with E-state index in [1.165, 1.54) is 5.56 Å². The van der Waals surface area contributed by atoms with E-state index in [2.05, 4.69) is 46.5 Å². The SMILES string of the molecule is C[C@@H]1N[C@@H](C)COC1C[C@@H]1Cc2ccccc2CN1C(=O)c1cc2c(cc1-c1cc(C(=O)N(c3ccc(O)cc3)c3ccc4c(ccn4C)c3)c3n1CCCC3)OCO2. The standard InChI is InChI=1S/C48H49N5O6/c1-29-27-57-44(30(2)49-29)22-36-20-31-8-4-5-9-33(31)26-52(36)47(55)39-25-46-45(58-28-59-46)24-38(39)43-23-40(42-10-6-7-18-51(42)43)48(56)53(34-11-14-37(54)15-12-34)35-13-16-41-32(21-35)17-19-50(41)3/h4-5,8-9,11-17,19,21,23-25,29-30,36,44,49,54H,6-7,10,18,20,22,26-28H2,1-3H3/t29-,30-,36-,44?/m0/s1. The number of hydrogen-bond acceptors (Lipinski definition) is 7. The van der Waals surface area contributed by atoms with Crippen LogP contribution >= 0.6 is 0 Å². The number of morpholine rings is 1. The van der Waals surface area contributed by atoms with Gasteiger partial charge in [0.05, 0.1) is 23.8 Å². The molecule has 302 valence electrons. The molecule has 2 N–H and O–H groups in total. The predicted octanol–water partition coefficient (Wildman–Crippen LogP) is 8.12. The number of nitrogens with zero attached hydrogens (tertiary/aromatic N) is 4. The summed E-state index contributed by atoms with van der Waals surface area (Å²) in [5.74, 6) is 0.944. The van der Waals surface area contributed by atoms with Gasteiger partial charge in [-0.05, 0) is 124 Å². The Kier molecular flexibility index (Phi) is 9.45. The van der Waals surface area contributed by atoms with E-state index < -0.39 is 0 Å². The summed E-state index contributed by atoms with van der Waals surface area (Å²) in [7, 11) is 2.00. The molecular weight excluding hydrogens is 743 g/mol. The number of aromatic nitrogens is 2. The number of anilines is 2. The molecule has 6 aromatic rings. The summed E-state index contributed by atoms with van der Waals surface area (Å²) < 4.78 is 22.5. The first-order chi connectivity index (χ1) is 28.7. The van der Waals surface area contributed by atoms with E-state index >= 15 is 9.59 Å². The van der Waals surface area contributed by atoms with Crippen molar-refractivity contribution in [2.24, 2.45) is 7.05 Å². The minimum atomic E-state index is -0.186. The van der Waals surface area contributed by atoms with Gasteiger partial charge in [0.2, 0.25) is 6.79 Å². The van der Waals surface area contributed by atoms with Crippen molar-refractivity contribution in [1.82, 2.24) is 19.4 Å². The van der Waals surface area contributed by atoms with Gasteiger partial charge in [0.1, 0.15) is 5.75 Å². The largest absolute Gasteiger partial charge is 0.508 e. The summed E-state index contributed by atoms with van der Waals surface area (Å²) in [4.78, 5) is 34.4. The molecule has 0 saturated carbocycles. The lowest BCUT2D eigenvalue weighted by Crippen LogP contribution is -2.54. The molecule has 10 rings (SSSR count). The molecule has 0 radical (unpaired) electrons. The number of benzene rings is 4. The normalized spacial score (nSPS) is 21.0. The number of hydrogen-bond donors (Lipinski definition) is 2. The number of amides is 2. The van der Waals surface area contributed by atoms with Crippen LogP contribution in [0.4, 0.5) is 11.4 Å². The summed E-state index contributed by atoms with van der Waals surface area (Å²) in [5, 5.41) is 14.9. The zero-order chi connectivity index (χ0) is 40.4. The fourth-order valence-corrected chi connectivity index (χ4v) is 9.68. The number of rotatable bonds is 7. The maximum Gasteiger partial charge on any atom is 0.264 e. The molecule has 6 heterocycles. The van der Waals surface area contributed by atoms with Crippen LogP contribution in [0.2, 0.25) is 0 Å². The Morgan fingerprint density at radius 2 is 1.66 bits per heavy atom. The second-order valence-electron chi connectivity index (χ2n) is 16.6. The predicted molar refractivity (Wildman–Crippen MR) is 227 cm³/mol. The van der Waals surface area contributed by atoms with Crippen molar-refractivity contribution >= 4 is 34.1 Å². The second kappa shape index (κ2) is 15.0. The number of aromatic hydroxyl groups is 1. The fourth-order valence-electron chi connectivity index (χ4n) is 9.68. The van der Waals surface area contributed by atoms with Gasteiger partial charge in [-0.2, -0.15) is 0 Å². The van der Waals surface area contributed by atoms with E-state index in [-0.39, 0.29) is 48.6 Å². The number of phenols is 1. The van der Waals surface area contributed by atoms with Gasteiger partial charge >= 0.3 is 0 Å². The topological polar surface area (TPSA) is 110 Å². The van der Waals surface area contributed by atoms with Crippen LogP contribution in [0.15, 0.2) is 97.2 Å². The molecule has 4 atom stereocenters. The molecule has 0 bridgehead atoms. The summed E-state index contributed by atoms with van der Waals surface area (Å²) in [6, 6.07) is 29.3. The molecule has 0 spiro atoms. The third-order valence-electron chi connectivity index (χ3n) is 12.7. The van der Waals surface area contributed by atoms with Gasteiger partial charge in [0.15, 0.2) is 11.5 Å². The molecule has 4 aliphatic heterocycles. The van der Waals surface area contributed by atoms with Crippen molar-refractivity contribution < 1.29 is 28.9 Å². The first-order valence-electron chi connectivity index (χ1n) is 20.8. The second-order valence-corrected chi connectivity index (χ2v) is 16.6. The highest BCUT2D eigenvalue weighted by Gasteiger charge is 2.38. The summed E-state index contributed by atoms with van der Waals surface area (Å²) in [6.07, 6.45) is 5.99. The average molecular weight is 792 g/mol. The number of ether oxygens (including phenoxy) is 3. The minimum Gasteiger partial charge on any atom is -0.508 e. The molecule has 2 aromatic heterocycles. The van der Waals surface area contributed by atoms with Gasteiger partial charge in [-0.3, -0.25) is 14.5 Å². The Morgan fingerprint density at radius 3 is 2.47 bits per heavy atom. The van der Waals surface area contributed by atoms with E-state index in [0.717, 1.165) is 47.1 Å². The Morgan fingerprint density at radius 1 is 0.881 bits per heavy atom. The molecule has 4 aromatic carbocycles. The molecule has 59 heavy (non-hydrogen) atoms. The van der Waals surface area contributed by atoms with Crippen LogP contribution in [-0.4, -0.2) is 68.6 Å². The Balaban J connectivity index is 1.08. The van der Waals surface area contributed by atoms with Crippen LogP contribution in [0.3, 0.4) is 0 Å². The lowest BCUT2D eigenvalue weighted by molar-refractivity contribution is -0.0366. The van der Waals surface area contributed by atoms with E-state index in [1.807, 2.05) is 66.7 Å². The highest BCUT2D eigenvalue weighted by atomic mass is 16.7. The summed E-state index contributed by atoms with van der Waals surface area (Å²) >= 11 is 0. The van der Waals surface area contributed by atoms with Gasteiger partial charge in [0, 0.05) is 83.7 Å². The van der Waals surface area contributed by atoms with Crippen LogP contribution in [0.1, 0.15) is 70.6 Å². The lowest BCUT2D eigenvalue weighted by Gasteiger charge is -2.42. The van der Waals surface area contributed by atoms with Gasteiger partial charge in [-0.15, -0.1) is 0 Å². The summed E-state index contributed by atoms with van der Waals surface area (Å²) in [5.41, 5.74) is 8.33. The van der Waals surface area contributed by atoms with Crippen LogP contribution < -0.4 is 19.7 Å². The number of phenolic OH excluding ortho intramolecular Hbond substituents is 1. The van der Waals surface area contributed by atoms with E-state index in [0.29, 0.717) is 72.1 Å². The van der Waals surface area contributed by atoms with Crippen molar-refractivity contribution in [2.45, 2.75) is 83.3 Å². The molecule has 4 aliphatic rings. The lowest BCUT2D eigenvalue weighted by atomic mass is 9.88. The van der Waals surface area contributed by atoms with E-state index in [9.17, 15) is 5.11 Å². The third-order valence-corrected chi connectivity index (χ3v) is 12.7. The number of carbonyl (C=O) groups is 2. The quantitative estimate of drug-likeness (QED) is 0.168. The van der Waals surface area contributed by atoms with Gasteiger partial charge < -0.3 is 38.7 Å². The number of fused-ring (bicyclic) bond motifs is 4. The molecular formula is C48H49N5O6. The zero-order valence-electron chi connectivity index (χ0n) is 33.7. The van der Waals surface area contributed by atoms with Crippen LogP contribution in [0.25, 0.3) is 22.2 Å². The molecule has 11 heteroatoms. The van der Waals surface area contributed by atoms with Gasteiger partial charge in [-0.25, -0.2) is 0 Å². The highest BCUT2D eigenvalue weighted by Crippen LogP contribution is 2.43. The number of nitrogens with one attached hydrogen (secondary N) is 1. The third kappa shape index (κ3) is 6.72. The number of aryl methyl sites for hydroxylation is 1. The molecule has 11 nitrogen and oxygen atoms in total. The van der Waals surface area contributed by atoms with E-state index in [4.69, 9.17) is 14.2 Å². The van der Waals surface area contributed by atoms with Gasteiger partial charge in [0.25, 0.3) is 11.8 Å². The van der Waals surface area contributed by atoms with Crippen LogP contribution in [0, 0.1) is 0 Å². The van der Waals surface area contributed by atoms with Crippen molar-refractivity contribution in [3.05, 3.63) is 125 Å². The molecule has 1 unspecified atom stereocenters. The molecule has 1 fully saturated rings. The molecule has 1 saturated heterocycles. The number of carbonyl (C=O) groups excluding carboxylic acids is 2. The van der Waals surface area contributed by atoms with Crippen molar-refractivity contribution in [1.29, 1.82) is 0 Å². The highest BCUT2D eigenvalue weighted by molar-refractivity contribution is 6.13. The van der Waals surface area contributed by atoms with Crippen molar-refractivity contribution in [3.63, 3.8) is 0 Å². The van der Waals surface area contributed by atoms with Crippen LogP contribution in [-0.2, 0) is 37.7 Å². The monoisotopic (exact) mass is 791 g/mol. The van der Waals surface area contributed by atoms with E-state index in [1.54, 1.807) is 29.2 Å². The smallest absolute Gasteiger partial charge is 0.264 e.